The summed E-state index contributed by atoms with van der Waals surface area (Å²) in [6.45, 7) is 8.03. The smallest absolute Gasteiger partial charge is 0.129 e. The van der Waals surface area contributed by atoms with Crippen LogP contribution < -0.4 is 0 Å². The highest BCUT2D eigenvalue weighted by atomic mass is 32.2. The third kappa shape index (κ3) is 0.987. The highest BCUT2D eigenvalue weighted by Gasteiger charge is 2.58. The molecule has 0 atom stereocenters. The Morgan fingerprint density at radius 1 is 1.11 bits per heavy atom. The van der Waals surface area contributed by atoms with Crippen molar-refractivity contribution in [1.82, 2.24) is 0 Å². The van der Waals surface area contributed by atoms with Gasteiger partial charge >= 0.3 is 0 Å². The monoisotopic (exact) mass is 145 g/mol. The summed E-state index contributed by atoms with van der Waals surface area (Å²) in [5.41, 5.74) is 0. The van der Waals surface area contributed by atoms with Gasteiger partial charge in [0.2, 0.25) is 0 Å². The molecule has 0 aliphatic carbocycles. The van der Waals surface area contributed by atoms with Crippen molar-refractivity contribution in [2.75, 3.05) is 0 Å². The van der Waals surface area contributed by atoms with Gasteiger partial charge in [0, 0.05) is 0 Å². The molecule has 1 radical (unpaired) electrons. The molecule has 1 rings (SSSR count). The van der Waals surface area contributed by atoms with Crippen molar-refractivity contribution < 1.29 is 4.55 Å². The molecule has 9 heavy (non-hydrogen) atoms. The first kappa shape index (κ1) is 7.42. The first-order valence-corrected chi connectivity index (χ1v) is 4.30. The van der Waals surface area contributed by atoms with Gasteiger partial charge in [-0.1, -0.05) is 0 Å². The largest absolute Gasteiger partial charge is 0.616 e. The molecule has 0 N–H and O–H groups in total. The highest BCUT2D eigenvalue weighted by molar-refractivity contribution is 7.96. The Morgan fingerprint density at radius 3 is 1.44 bits per heavy atom. The SMILES string of the molecule is CC1(C)[CH]C(C)(C)[S+]1[O-]. The lowest BCUT2D eigenvalue weighted by atomic mass is 9.97. The highest BCUT2D eigenvalue weighted by Crippen LogP contribution is 2.46. The first-order valence-electron chi connectivity index (χ1n) is 3.15. The topological polar surface area (TPSA) is 23.1 Å². The summed E-state index contributed by atoms with van der Waals surface area (Å²) in [5.74, 6) is 0. The lowest BCUT2D eigenvalue weighted by Crippen LogP contribution is -2.60. The van der Waals surface area contributed by atoms with Crippen molar-refractivity contribution in [1.29, 1.82) is 0 Å². The second kappa shape index (κ2) is 1.67. The third-order valence-electron chi connectivity index (χ3n) is 1.65. The molecule has 0 amide bonds. The molecule has 1 nitrogen and oxygen atoms in total. The van der Waals surface area contributed by atoms with E-state index in [-0.39, 0.29) is 9.49 Å². The average Bonchev–Trinajstić information content (AvgIpc) is 1.63. The van der Waals surface area contributed by atoms with E-state index >= 15 is 0 Å². The van der Waals surface area contributed by atoms with Crippen LogP contribution in [0.3, 0.4) is 0 Å². The molecular formula is C7H13OS. The molecule has 1 saturated heterocycles. The van der Waals surface area contributed by atoms with Gasteiger partial charge in [0.1, 0.15) is 9.49 Å². The van der Waals surface area contributed by atoms with E-state index in [0.29, 0.717) is 0 Å². The summed E-state index contributed by atoms with van der Waals surface area (Å²) in [4.78, 5) is 0. The molecule has 0 aromatic heterocycles. The first-order chi connectivity index (χ1) is 3.86. The van der Waals surface area contributed by atoms with Gasteiger partial charge < -0.3 is 4.55 Å². The van der Waals surface area contributed by atoms with Crippen LogP contribution in [0.5, 0.6) is 0 Å². The van der Waals surface area contributed by atoms with E-state index in [1.165, 1.54) is 0 Å². The molecule has 0 spiro atoms. The van der Waals surface area contributed by atoms with Crippen LogP contribution in [-0.2, 0) is 11.2 Å². The number of hydrogen-bond donors (Lipinski definition) is 0. The zero-order chi connectivity index (χ0) is 7.28. The summed E-state index contributed by atoms with van der Waals surface area (Å²) in [6.07, 6.45) is 2.15. The number of rotatable bonds is 0. The maximum Gasteiger partial charge on any atom is 0.129 e. The van der Waals surface area contributed by atoms with Crippen molar-refractivity contribution >= 4 is 11.2 Å². The van der Waals surface area contributed by atoms with Crippen LogP contribution in [0.2, 0.25) is 0 Å². The molecule has 2 heteroatoms. The second-order valence-corrected chi connectivity index (χ2v) is 6.26. The van der Waals surface area contributed by atoms with Crippen molar-refractivity contribution in [2.45, 2.75) is 37.2 Å². The van der Waals surface area contributed by atoms with Crippen molar-refractivity contribution in [2.24, 2.45) is 0 Å². The van der Waals surface area contributed by atoms with E-state index in [1.54, 1.807) is 0 Å². The van der Waals surface area contributed by atoms with Gasteiger partial charge in [-0.15, -0.1) is 0 Å². The van der Waals surface area contributed by atoms with Gasteiger partial charge in [-0.2, -0.15) is 0 Å². The maximum absolute atomic E-state index is 11.3. The van der Waals surface area contributed by atoms with E-state index in [2.05, 4.69) is 6.42 Å². The maximum atomic E-state index is 11.3. The van der Waals surface area contributed by atoms with Crippen LogP contribution in [0.25, 0.3) is 0 Å². The average molecular weight is 145 g/mol. The van der Waals surface area contributed by atoms with Crippen molar-refractivity contribution in [3.63, 3.8) is 0 Å². The summed E-state index contributed by atoms with van der Waals surface area (Å²) in [7, 11) is 0. The van der Waals surface area contributed by atoms with Crippen molar-refractivity contribution in [3.05, 3.63) is 6.42 Å². The minimum Gasteiger partial charge on any atom is -0.616 e. The predicted octanol–water partition coefficient (Wildman–Crippen LogP) is 1.51. The zero-order valence-corrected chi connectivity index (χ0v) is 7.21. The quantitative estimate of drug-likeness (QED) is 0.474. The second-order valence-electron chi connectivity index (χ2n) is 3.62. The fraction of sp³-hybridized carbons (Fsp3) is 0.857. The molecule has 53 valence electrons. The molecule has 0 aromatic rings. The van der Waals surface area contributed by atoms with Crippen molar-refractivity contribution in [3.8, 4) is 0 Å². The lowest BCUT2D eigenvalue weighted by Gasteiger charge is -2.49. The molecular weight excluding hydrogens is 132 g/mol. The minimum atomic E-state index is -0.668. The lowest BCUT2D eigenvalue weighted by molar-refractivity contribution is 0.473. The fourth-order valence-electron chi connectivity index (χ4n) is 1.56. The predicted molar refractivity (Wildman–Crippen MR) is 40.6 cm³/mol. The Bertz CT molecular complexity index is 115. The van der Waals surface area contributed by atoms with Crippen LogP contribution in [-0.4, -0.2) is 14.0 Å². The van der Waals surface area contributed by atoms with Gasteiger partial charge in [-0.05, 0) is 38.9 Å². The minimum absolute atomic E-state index is 0.0382. The Hall–Kier alpha value is 0.310. The van der Waals surface area contributed by atoms with Gasteiger partial charge in [0.05, 0.1) is 6.42 Å². The van der Waals surface area contributed by atoms with Crippen LogP contribution >= 0.6 is 0 Å². The van der Waals surface area contributed by atoms with Crippen LogP contribution in [0.1, 0.15) is 27.7 Å². The van der Waals surface area contributed by atoms with E-state index in [1.807, 2.05) is 27.7 Å². The molecule has 1 fully saturated rings. The number of hydrogen-bond acceptors (Lipinski definition) is 1. The molecule has 0 unspecified atom stereocenters. The van der Waals surface area contributed by atoms with E-state index in [4.69, 9.17) is 0 Å². The van der Waals surface area contributed by atoms with Gasteiger partial charge in [0.25, 0.3) is 0 Å². The summed E-state index contributed by atoms with van der Waals surface area (Å²) in [6, 6.07) is 0. The van der Waals surface area contributed by atoms with E-state index in [0.717, 1.165) is 0 Å². The van der Waals surface area contributed by atoms with Gasteiger partial charge in [-0.3, -0.25) is 0 Å². The zero-order valence-electron chi connectivity index (χ0n) is 6.39. The summed E-state index contributed by atoms with van der Waals surface area (Å²) in [5, 5.41) is 0. The standard InChI is InChI=1S/C7H13OS/c1-6(2)5-7(3,4)9(6)8/h5H,1-4H3. The summed E-state index contributed by atoms with van der Waals surface area (Å²) >= 11 is -0.668. The fourth-order valence-corrected chi connectivity index (χ4v) is 3.54. The normalized spacial score (nSPS) is 31.7. The molecule has 1 heterocycles. The molecule has 0 aromatic carbocycles. The third-order valence-corrected chi connectivity index (χ3v) is 3.80. The van der Waals surface area contributed by atoms with Gasteiger partial charge in [0.15, 0.2) is 0 Å². The van der Waals surface area contributed by atoms with E-state index in [9.17, 15) is 4.55 Å². The molecule has 1 aliphatic rings. The Morgan fingerprint density at radius 2 is 1.44 bits per heavy atom. The molecule has 0 bridgehead atoms. The Labute approximate surface area is 60.0 Å². The Kier molecular flexibility index (Phi) is 1.38. The van der Waals surface area contributed by atoms with E-state index < -0.39 is 11.2 Å². The van der Waals surface area contributed by atoms with Crippen LogP contribution in [0.4, 0.5) is 0 Å². The van der Waals surface area contributed by atoms with Crippen LogP contribution in [0, 0.1) is 6.42 Å². The van der Waals surface area contributed by atoms with Gasteiger partial charge in [-0.25, -0.2) is 0 Å². The molecule has 0 saturated carbocycles. The molecule has 1 aliphatic heterocycles. The van der Waals surface area contributed by atoms with Crippen LogP contribution in [0.15, 0.2) is 0 Å². The Balaban J connectivity index is 2.62. The summed E-state index contributed by atoms with van der Waals surface area (Å²) < 4.78 is 11.2.